The molecule has 0 heterocycles. The van der Waals surface area contributed by atoms with Crippen molar-refractivity contribution in [1.29, 1.82) is 0 Å². The van der Waals surface area contributed by atoms with Gasteiger partial charge in [-0.05, 0) is 37.6 Å². The van der Waals surface area contributed by atoms with Crippen LogP contribution in [-0.4, -0.2) is 42.8 Å². The Bertz CT molecular complexity index is 373. The number of benzene rings is 1. The number of rotatable bonds is 9. The molecule has 1 atom stereocenters. The minimum absolute atomic E-state index is 0.108. The second-order valence-electron chi connectivity index (χ2n) is 5.49. The third-order valence-corrected chi connectivity index (χ3v) is 4.15. The van der Waals surface area contributed by atoms with Gasteiger partial charge < -0.3 is 15.3 Å². The third kappa shape index (κ3) is 4.58. The van der Waals surface area contributed by atoms with E-state index in [0.717, 1.165) is 38.2 Å². The number of nitrogens with zero attached hydrogens (tertiary/aromatic N) is 1. The van der Waals surface area contributed by atoms with Crippen molar-refractivity contribution in [1.82, 2.24) is 10.2 Å². The Kier molecular flexibility index (Phi) is 7.20. The summed E-state index contributed by atoms with van der Waals surface area (Å²) in [5.74, 6) is 0. The summed E-state index contributed by atoms with van der Waals surface area (Å²) in [5.41, 5.74) is 2.12. The highest BCUT2D eigenvalue weighted by Crippen LogP contribution is 2.20. The average Bonchev–Trinajstić information content (AvgIpc) is 2.51. The van der Waals surface area contributed by atoms with Crippen molar-refractivity contribution >= 4 is 0 Å². The van der Waals surface area contributed by atoms with Crippen LogP contribution in [0.5, 0.6) is 0 Å². The van der Waals surface area contributed by atoms with E-state index < -0.39 is 0 Å². The van der Waals surface area contributed by atoms with E-state index in [1.165, 1.54) is 5.56 Å². The maximum Gasteiger partial charge on any atom is 0.0652 e. The molecule has 0 radical (unpaired) electrons. The topological polar surface area (TPSA) is 35.5 Å². The molecule has 1 aromatic rings. The van der Waals surface area contributed by atoms with Gasteiger partial charge >= 0.3 is 0 Å². The fourth-order valence-electron chi connectivity index (χ4n) is 2.39. The minimum Gasteiger partial charge on any atom is -0.394 e. The van der Waals surface area contributed by atoms with Crippen LogP contribution < -0.4 is 5.32 Å². The van der Waals surface area contributed by atoms with Crippen molar-refractivity contribution in [2.24, 2.45) is 0 Å². The summed E-state index contributed by atoms with van der Waals surface area (Å²) in [4.78, 5) is 2.38. The molecule has 0 spiro atoms. The molecule has 3 nitrogen and oxygen atoms in total. The molecule has 1 rings (SSSR count). The van der Waals surface area contributed by atoms with E-state index in [2.05, 4.69) is 62.2 Å². The molecule has 20 heavy (non-hydrogen) atoms. The molecular formula is C17H30N2O. The monoisotopic (exact) mass is 278 g/mol. The fourth-order valence-corrected chi connectivity index (χ4v) is 2.39. The summed E-state index contributed by atoms with van der Waals surface area (Å²) in [5, 5.41) is 13.3. The third-order valence-electron chi connectivity index (χ3n) is 4.15. The molecule has 0 aliphatic heterocycles. The van der Waals surface area contributed by atoms with Crippen LogP contribution in [0.1, 0.15) is 38.8 Å². The molecule has 114 valence electrons. The maximum atomic E-state index is 9.77. The first-order chi connectivity index (χ1) is 9.59. The summed E-state index contributed by atoms with van der Waals surface area (Å²) in [7, 11) is 0. The van der Waals surface area contributed by atoms with Crippen LogP contribution in [0.4, 0.5) is 0 Å². The van der Waals surface area contributed by atoms with Crippen molar-refractivity contribution in [3.8, 4) is 0 Å². The second kappa shape index (κ2) is 8.40. The summed E-state index contributed by atoms with van der Waals surface area (Å²) in [6, 6.07) is 8.55. The maximum absolute atomic E-state index is 9.77. The molecule has 3 heteroatoms. The van der Waals surface area contributed by atoms with Gasteiger partial charge in [0, 0.05) is 13.1 Å². The Balaban J connectivity index is 2.65. The fraction of sp³-hybridized carbons (Fsp3) is 0.647. The van der Waals surface area contributed by atoms with Gasteiger partial charge in [-0.15, -0.1) is 0 Å². The van der Waals surface area contributed by atoms with Crippen LogP contribution in [0, 0.1) is 0 Å². The predicted octanol–water partition coefficient (Wildman–Crippen LogP) is 2.39. The summed E-state index contributed by atoms with van der Waals surface area (Å²) >= 11 is 0. The van der Waals surface area contributed by atoms with Crippen molar-refractivity contribution in [3.05, 3.63) is 35.4 Å². The zero-order valence-corrected chi connectivity index (χ0v) is 13.4. The molecule has 0 saturated carbocycles. The largest absolute Gasteiger partial charge is 0.394 e. The van der Waals surface area contributed by atoms with Crippen molar-refractivity contribution in [3.63, 3.8) is 0 Å². The number of hydrogen-bond acceptors (Lipinski definition) is 3. The second-order valence-corrected chi connectivity index (χ2v) is 5.49. The Morgan fingerprint density at radius 1 is 1.10 bits per heavy atom. The van der Waals surface area contributed by atoms with Gasteiger partial charge in [-0.1, -0.05) is 45.0 Å². The summed E-state index contributed by atoms with van der Waals surface area (Å²) in [6.07, 6.45) is 1.05. The Hall–Kier alpha value is -0.900. The Labute approximate surface area is 124 Å². The van der Waals surface area contributed by atoms with Crippen LogP contribution >= 0.6 is 0 Å². The van der Waals surface area contributed by atoms with E-state index in [1.54, 1.807) is 0 Å². The van der Waals surface area contributed by atoms with Crippen LogP contribution in [0.2, 0.25) is 0 Å². The number of nitrogens with one attached hydrogen (secondary N) is 1. The molecular weight excluding hydrogens is 248 g/mol. The highest BCUT2D eigenvalue weighted by molar-refractivity contribution is 5.28. The molecule has 1 unspecified atom stereocenters. The van der Waals surface area contributed by atoms with Crippen LogP contribution in [0.15, 0.2) is 24.3 Å². The lowest BCUT2D eigenvalue weighted by Crippen LogP contribution is -2.46. The number of hydrogen-bond donors (Lipinski definition) is 2. The van der Waals surface area contributed by atoms with Gasteiger partial charge in [0.05, 0.1) is 12.1 Å². The van der Waals surface area contributed by atoms with Crippen LogP contribution in [0.3, 0.4) is 0 Å². The minimum atomic E-state index is -0.362. The van der Waals surface area contributed by atoms with Crippen molar-refractivity contribution in [2.45, 2.75) is 39.7 Å². The Morgan fingerprint density at radius 2 is 1.70 bits per heavy atom. The lowest BCUT2D eigenvalue weighted by Gasteiger charge is -2.31. The quantitative estimate of drug-likeness (QED) is 0.728. The molecule has 0 aliphatic rings. The molecule has 0 fully saturated rings. The molecule has 0 saturated heterocycles. The van der Waals surface area contributed by atoms with Crippen LogP contribution in [0.25, 0.3) is 0 Å². The molecule has 0 bridgehead atoms. The van der Waals surface area contributed by atoms with E-state index in [4.69, 9.17) is 0 Å². The van der Waals surface area contributed by atoms with Crippen molar-refractivity contribution < 1.29 is 5.11 Å². The molecule has 0 aromatic heterocycles. The van der Waals surface area contributed by atoms with Gasteiger partial charge in [-0.25, -0.2) is 0 Å². The van der Waals surface area contributed by atoms with E-state index >= 15 is 0 Å². The lowest BCUT2D eigenvalue weighted by atomic mass is 9.92. The predicted molar refractivity (Wildman–Crippen MR) is 86.0 cm³/mol. The highest BCUT2D eigenvalue weighted by Gasteiger charge is 2.24. The SMILES string of the molecule is CCc1ccc(C(C)(CO)NCCN(CC)CC)cc1. The Morgan fingerprint density at radius 3 is 2.15 bits per heavy atom. The number of aliphatic hydroxyl groups excluding tert-OH is 1. The zero-order chi connectivity index (χ0) is 15.0. The van der Waals surface area contributed by atoms with Gasteiger partial charge in [0.2, 0.25) is 0 Å². The normalized spacial score (nSPS) is 14.5. The average molecular weight is 278 g/mol. The molecule has 1 aromatic carbocycles. The number of aliphatic hydroxyl groups is 1. The molecule has 0 aliphatic carbocycles. The van der Waals surface area contributed by atoms with Crippen LogP contribution in [-0.2, 0) is 12.0 Å². The van der Waals surface area contributed by atoms with Gasteiger partial charge in [0.15, 0.2) is 0 Å². The van der Waals surface area contributed by atoms with Gasteiger partial charge in [0.1, 0.15) is 0 Å². The standard InChI is InChI=1S/C17H30N2O/c1-5-15-8-10-16(11-9-15)17(4,14-20)18-12-13-19(6-2)7-3/h8-11,18,20H,5-7,12-14H2,1-4H3. The summed E-state index contributed by atoms with van der Waals surface area (Å²) in [6.45, 7) is 12.7. The highest BCUT2D eigenvalue weighted by atomic mass is 16.3. The molecule has 0 amide bonds. The van der Waals surface area contributed by atoms with E-state index in [0.29, 0.717) is 0 Å². The van der Waals surface area contributed by atoms with Gasteiger partial charge in [0.25, 0.3) is 0 Å². The van der Waals surface area contributed by atoms with E-state index in [-0.39, 0.29) is 12.1 Å². The molecule has 2 N–H and O–H groups in total. The lowest BCUT2D eigenvalue weighted by molar-refractivity contribution is 0.168. The first-order valence-electron chi connectivity index (χ1n) is 7.77. The smallest absolute Gasteiger partial charge is 0.0652 e. The first kappa shape index (κ1) is 17.2. The zero-order valence-electron chi connectivity index (χ0n) is 13.4. The summed E-state index contributed by atoms with van der Waals surface area (Å²) < 4.78 is 0. The van der Waals surface area contributed by atoms with E-state index in [9.17, 15) is 5.11 Å². The first-order valence-corrected chi connectivity index (χ1v) is 7.77. The van der Waals surface area contributed by atoms with Crippen molar-refractivity contribution in [2.75, 3.05) is 32.8 Å². The van der Waals surface area contributed by atoms with E-state index in [1.807, 2.05) is 0 Å². The van der Waals surface area contributed by atoms with Gasteiger partial charge in [-0.2, -0.15) is 0 Å². The number of aryl methyl sites for hydroxylation is 1. The number of likely N-dealkylation sites (N-methyl/N-ethyl adjacent to an activating group) is 1. The van der Waals surface area contributed by atoms with Gasteiger partial charge in [-0.3, -0.25) is 0 Å².